The maximum absolute atomic E-state index is 11.1. The molecule has 0 aliphatic carbocycles. The first-order chi connectivity index (χ1) is 14.1. The summed E-state index contributed by atoms with van der Waals surface area (Å²) >= 11 is 0. The minimum Gasteiger partial charge on any atom is -0.494 e. The molecule has 0 unspecified atom stereocenters. The number of para-hydroxylation sites is 1. The van der Waals surface area contributed by atoms with E-state index in [-0.39, 0.29) is 0 Å². The van der Waals surface area contributed by atoms with Gasteiger partial charge >= 0.3 is 0 Å². The van der Waals surface area contributed by atoms with E-state index >= 15 is 0 Å². The average molecular weight is 392 g/mol. The van der Waals surface area contributed by atoms with E-state index in [1.165, 1.54) is 5.56 Å². The van der Waals surface area contributed by atoms with Crippen molar-refractivity contribution in [2.45, 2.75) is 38.3 Å². The van der Waals surface area contributed by atoms with Crippen LogP contribution in [0.2, 0.25) is 0 Å². The number of aliphatic hydroxyl groups is 1. The third kappa shape index (κ3) is 4.86. The average Bonchev–Trinajstić information content (AvgIpc) is 3.20. The van der Waals surface area contributed by atoms with E-state index in [1.54, 1.807) is 0 Å². The molecule has 5 nitrogen and oxygen atoms in total. The van der Waals surface area contributed by atoms with Crippen LogP contribution >= 0.6 is 0 Å². The maximum Gasteiger partial charge on any atom is 0.140 e. The molecule has 152 valence electrons. The molecular weight excluding hydrogens is 364 g/mol. The van der Waals surface area contributed by atoms with E-state index in [0.29, 0.717) is 25.9 Å². The minimum absolute atomic E-state index is 0.496. The molecule has 0 spiro atoms. The first-order valence-corrected chi connectivity index (χ1v) is 10.3. The highest BCUT2D eigenvalue weighted by molar-refractivity contribution is 5.58. The predicted molar refractivity (Wildman–Crippen MR) is 113 cm³/mol. The van der Waals surface area contributed by atoms with Crippen LogP contribution in [0, 0.1) is 0 Å². The zero-order valence-corrected chi connectivity index (χ0v) is 16.9. The summed E-state index contributed by atoms with van der Waals surface area (Å²) in [5.41, 5.74) is 2.29. The second-order valence-corrected chi connectivity index (χ2v) is 7.76. The quantitative estimate of drug-likeness (QED) is 0.649. The smallest absolute Gasteiger partial charge is 0.140 e. The highest BCUT2D eigenvalue weighted by Crippen LogP contribution is 2.30. The van der Waals surface area contributed by atoms with E-state index in [9.17, 15) is 5.11 Å². The van der Waals surface area contributed by atoms with E-state index in [1.807, 2.05) is 61.5 Å². The van der Waals surface area contributed by atoms with Crippen molar-refractivity contribution in [3.05, 3.63) is 72.0 Å². The van der Waals surface area contributed by atoms with Gasteiger partial charge in [0.1, 0.15) is 17.2 Å². The van der Waals surface area contributed by atoms with Gasteiger partial charge in [0, 0.05) is 43.2 Å². The fraction of sp³-hybridized carbons (Fsp3) is 0.375. The van der Waals surface area contributed by atoms with Gasteiger partial charge in [-0.2, -0.15) is 0 Å². The Morgan fingerprint density at radius 3 is 2.55 bits per heavy atom. The molecule has 1 aromatic heterocycles. The Morgan fingerprint density at radius 1 is 1.07 bits per heavy atom. The normalized spacial score (nSPS) is 16.6. The number of hydrogen-bond acceptors (Lipinski definition) is 5. The van der Waals surface area contributed by atoms with Gasteiger partial charge in [-0.3, -0.25) is 4.90 Å². The van der Waals surface area contributed by atoms with E-state index in [0.717, 1.165) is 42.4 Å². The summed E-state index contributed by atoms with van der Waals surface area (Å²) in [7, 11) is 0. The van der Waals surface area contributed by atoms with Crippen molar-refractivity contribution in [2.75, 3.05) is 19.7 Å². The first-order valence-electron chi connectivity index (χ1n) is 10.3. The first kappa shape index (κ1) is 19.7. The Hall–Kier alpha value is -2.63. The Bertz CT molecular complexity index is 915. The Labute approximate surface area is 171 Å². The molecule has 0 saturated carbocycles. The van der Waals surface area contributed by atoms with Gasteiger partial charge in [-0.25, -0.2) is 0 Å². The Kier molecular flexibility index (Phi) is 5.97. The topological polar surface area (TPSA) is 58.7 Å². The Balaban J connectivity index is 1.35. The molecule has 1 fully saturated rings. The number of hydrogen-bond donors (Lipinski definition) is 1. The molecule has 2 heterocycles. The van der Waals surface area contributed by atoms with Crippen LogP contribution in [0.4, 0.5) is 0 Å². The van der Waals surface area contributed by atoms with Crippen molar-refractivity contribution in [1.29, 1.82) is 0 Å². The fourth-order valence-electron chi connectivity index (χ4n) is 3.94. The van der Waals surface area contributed by atoms with E-state index in [4.69, 9.17) is 9.26 Å². The molecule has 1 aliphatic rings. The lowest BCUT2D eigenvalue weighted by molar-refractivity contribution is -0.0266. The zero-order valence-electron chi connectivity index (χ0n) is 16.9. The number of rotatable bonds is 7. The molecule has 0 amide bonds. The predicted octanol–water partition coefficient (Wildman–Crippen LogP) is 4.31. The minimum atomic E-state index is -0.747. The molecular formula is C24H28N2O3. The number of piperidine rings is 1. The lowest BCUT2D eigenvalue weighted by Gasteiger charge is -2.37. The number of nitrogens with zero attached hydrogens (tertiary/aromatic N) is 2. The molecule has 0 atom stereocenters. The van der Waals surface area contributed by atoms with Crippen molar-refractivity contribution >= 4 is 0 Å². The van der Waals surface area contributed by atoms with Crippen LogP contribution in [0.1, 0.15) is 31.1 Å². The summed E-state index contributed by atoms with van der Waals surface area (Å²) in [6.45, 7) is 5.20. The van der Waals surface area contributed by atoms with Gasteiger partial charge in [0.15, 0.2) is 0 Å². The molecule has 29 heavy (non-hydrogen) atoms. The van der Waals surface area contributed by atoms with E-state index < -0.39 is 5.60 Å². The SMILES string of the molecule is CCOc1ccccc1CN1CCC(O)(Cc2cc(-c3ccccc3)no2)CC1. The summed E-state index contributed by atoms with van der Waals surface area (Å²) in [6, 6.07) is 20.1. The second-order valence-electron chi connectivity index (χ2n) is 7.76. The van der Waals surface area contributed by atoms with Crippen LogP contribution in [-0.2, 0) is 13.0 Å². The van der Waals surface area contributed by atoms with Crippen molar-refractivity contribution < 1.29 is 14.4 Å². The van der Waals surface area contributed by atoms with Gasteiger partial charge in [-0.05, 0) is 25.8 Å². The lowest BCUT2D eigenvalue weighted by Crippen LogP contribution is -2.45. The number of benzene rings is 2. The monoisotopic (exact) mass is 392 g/mol. The van der Waals surface area contributed by atoms with E-state index in [2.05, 4.69) is 16.1 Å². The van der Waals surface area contributed by atoms with Crippen LogP contribution in [0.15, 0.2) is 65.2 Å². The van der Waals surface area contributed by atoms with Crippen LogP contribution < -0.4 is 4.74 Å². The molecule has 1 aliphatic heterocycles. The van der Waals surface area contributed by atoms with Crippen molar-refractivity contribution in [1.82, 2.24) is 10.1 Å². The molecule has 0 bridgehead atoms. The van der Waals surface area contributed by atoms with Crippen molar-refractivity contribution in [2.24, 2.45) is 0 Å². The standard InChI is InChI=1S/C24H28N2O3/c1-2-28-23-11-7-6-10-20(23)18-26-14-12-24(27,13-15-26)17-21-16-22(25-29-21)19-8-4-3-5-9-19/h3-11,16,27H,2,12-15,17-18H2,1H3. The van der Waals surface area contributed by atoms with Crippen LogP contribution in [-0.4, -0.2) is 40.5 Å². The van der Waals surface area contributed by atoms with Gasteiger partial charge in [0.05, 0.1) is 12.2 Å². The second kappa shape index (κ2) is 8.80. The highest BCUT2D eigenvalue weighted by Gasteiger charge is 2.34. The van der Waals surface area contributed by atoms with Gasteiger partial charge < -0.3 is 14.4 Å². The summed E-state index contributed by atoms with van der Waals surface area (Å²) in [4.78, 5) is 2.38. The zero-order chi connectivity index (χ0) is 20.1. The van der Waals surface area contributed by atoms with Gasteiger partial charge in [0.25, 0.3) is 0 Å². The van der Waals surface area contributed by atoms with Gasteiger partial charge in [-0.15, -0.1) is 0 Å². The van der Waals surface area contributed by atoms with Crippen LogP contribution in [0.3, 0.4) is 0 Å². The third-order valence-electron chi connectivity index (χ3n) is 5.58. The molecule has 1 saturated heterocycles. The maximum atomic E-state index is 11.1. The Morgan fingerprint density at radius 2 is 1.79 bits per heavy atom. The number of aromatic nitrogens is 1. The van der Waals surface area contributed by atoms with Crippen molar-refractivity contribution in [3.8, 4) is 17.0 Å². The number of likely N-dealkylation sites (tertiary alicyclic amines) is 1. The molecule has 0 radical (unpaired) electrons. The summed E-state index contributed by atoms with van der Waals surface area (Å²) in [6.07, 6.45) is 1.92. The molecule has 1 N–H and O–H groups in total. The largest absolute Gasteiger partial charge is 0.494 e. The highest BCUT2D eigenvalue weighted by atomic mass is 16.5. The van der Waals surface area contributed by atoms with Crippen LogP contribution in [0.5, 0.6) is 5.75 Å². The molecule has 4 rings (SSSR count). The van der Waals surface area contributed by atoms with Crippen LogP contribution in [0.25, 0.3) is 11.3 Å². The third-order valence-corrected chi connectivity index (χ3v) is 5.58. The molecule has 3 aromatic rings. The number of ether oxygens (including phenoxy) is 1. The van der Waals surface area contributed by atoms with Gasteiger partial charge in [-0.1, -0.05) is 53.7 Å². The van der Waals surface area contributed by atoms with Crippen molar-refractivity contribution in [3.63, 3.8) is 0 Å². The summed E-state index contributed by atoms with van der Waals surface area (Å²) < 4.78 is 11.3. The van der Waals surface area contributed by atoms with Gasteiger partial charge in [0.2, 0.25) is 0 Å². The molecule has 5 heteroatoms. The molecule has 2 aromatic carbocycles. The summed E-state index contributed by atoms with van der Waals surface area (Å²) in [5, 5.41) is 15.3. The lowest BCUT2D eigenvalue weighted by atomic mass is 9.87. The fourth-order valence-corrected chi connectivity index (χ4v) is 3.94. The summed E-state index contributed by atoms with van der Waals surface area (Å²) in [5.74, 6) is 1.69.